The molecule has 2 aromatic rings. The van der Waals surface area contributed by atoms with Crippen molar-refractivity contribution in [3.05, 3.63) is 70.8 Å². The van der Waals surface area contributed by atoms with Gasteiger partial charge in [-0.05, 0) is 36.6 Å². The Balaban J connectivity index is 1.89. The quantitative estimate of drug-likeness (QED) is 0.849. The fourth-order valence-corrected chi connectivity index (χ4v) is 3.26. The van der Waals surface area contributed by atoms with Gasteiger partial charge in [-0.25, -0.2) is 0 Å². The molecular formula is C18H21NO2. The van der Waals surface area contributed by atoms with E-state index in [4.69, 9.17) is 0 Å². The van der Waals surface area contributed by atoms with Crippen molar-refractivity contribution < 1.29 is 10.2 Å². The summed E-state index contributed by atoms with van der Waals surface area (Å²) in [5, 5.41) is 18.7. The zero-order valence-corrected chi connectivity index (χ0v) is 12.4. The number of aliphatic hydroxyl groups excluding tert-OH is 1. The molecule has 0 fully saturated rings. The molecule has 2 aromatic carbocycles. The minimum absolute atomic E-state index is 0.272. The van der Waals surface area contributed by atoms with Crippen LogP contribution in [0.15, 0.2) is 48.5 Å². The summed E-state index contributed by atoms with van der Waals surface area (Å²) in [6.45, 7) is 5.29. The molecule has 21 heavy (non-hydrogen) atoms. The van der Waals surface area contributed by atoms with E-state index in [-0.39, 0.29) is 6.04 Å². The first-order valence-corrected chi connectivity index (χ1v) is 7.37. The van der Waals surface area contributed by atoms with Crippen molar-refractivity contribution >= 4 is 0 Å². The van der Waals surface area contributed by atoms with Gasteiger partial charge in [0.05, 0.1) is 0 Å². The predicted molar refractivity (Wildman–Crippen MR) is 82.4 cm³/mol. The van der Waals surface area contributed by atoms with Gasteiger partial charge >= 0.3 is 0 Å². The number of nitrogens with zero attached hydrogens (tertiary/aromatic N) is 1. The van der Waals surface area contributed by atoms with Gasteiger partial charge in [-0.15, -0.1) is 0 Å². The molecule has 2 unspecified atom stereocenters. The molecule has 0 saturated carbocycles. The van der Waals surface area contributed by atoms with E-state index in [9.17, 15) is 10.2 Å². The lowest BCUT2D eigenvalue weighted by molar-refractivity contribution is -0.0425. The van der Waals surface area contributed by atoms with Crippen LogP contribution in [0.5, 0.6) is 0 Å². The van der Waals surface area contributed by atoms with Crippen LogP contribution in [-0.4, -0.2) is 15.1 Å². The molecule has 2 N–H and O–H groups in total. The number of aliphatic hydroxyl groups is 2. The number of benzene rings is 2. The normalized spacial score (nSPS) is 21.8. The van der Waals surface area contributed by atoms with Crippen molar-refractivity contribution in [2.24, 2.45) is 0 Å². The minimum Gasteiger partial charge on any atom is -0.364 e. The Kier molecular flexibility index (Phi) is 3.81. The molecule has 2 atom stereocenters. The zero-order chi connectivity index (χ0) is 15.0. The summed E-state index contributed by atoms with van der Waals surface area (Å²) in [4.78, 5) is 2.44. The lowest BCUT2D eigenvalue weighted by Gasteiger charge is -2.26. The Morgan fingerprint density at radius 1 is 0.952 bits per heavy atom. The first-order valence-electron chi connectivity index (χ1n) is 7.37. The largest absolute Gasteiger partial charge is 0.364 e. The fourth-order valence-electron chi connectivity index (χ4n) is 3.26. The van der Waals surface area contributed by atoms with E-state index >= 15 is 0 Å². The van der Waals surface area contributed by atoms with Crippen molar-refractivity contribution in [3.63, 3.8) is 0 Å². The lowest BCUT2D eigenvalue weighted by atomic mass is 10.00. The average Bonchev–Trinajstić information content (AvgIpc) is 2.73. The third kappa shape index (κ3) is 2.60. The Bertz CT molecular complexity index is 624. The molecule has 3 heteroatoms. The maximum Gasteiger partial charge on any atom is 0.178 e. The monoisotopic (exact) mass is 283 g/mol. The zero-order valence-electron chi connectivity index (χ0n) is 12.4. The van der Waals surface area contributed by atoms with E-state index in [1.807, 2.05) is 18.2 Å². The number of rotatable bonds is 3. The van der Waals surface area contributed by atoms with Crippen LogP contribution in [0.1, 0.15) is 54.5 Å². The summed E-state index contributed by atoms with van der Waals surface area (Å²) in [6, 6.07) is 16.8. The maximum absolute atomic E-state index is 9.35. The molecule has 0 aliphatic carbocycles. The minimum atomic E-state index is -1.40. The van der Waals surface area contributed by atoms with Gasteiger partial charge in [0.25, 0.3) is 0 Å². The maximum atomic E-state index is 9.35. The first-order chi connectivity index (χ1) is 10.1. The second kappa shape index (κ2) is 5.60. The van der Waals surface area contributed by atoms with Crippen molar-refractivity contribution in [1.82, 2.24) is 4.90 Å². The fraction of sp³-hybridized carbons (Fsp3) is 0.333. The molecule has 3 nitrogen and oxygen atoms in total. The van der Waals surface area contributed by atoms with Crippen LogP contribution in [-0.2, 0) is 6.54 Å². The molecule has 1 aliphatic rings. The van der Waals surface area contributed by atoms with Gasteiger partial charge < -0.3 is 10.2 Å². The highest BCUT2D eigenvalue weighted by molar-refractivity contribution is 5.40. The van der Waals surface area contributed by atoms with E-state index in [0.29, 0.717) is 11.6 Å². The summed E-state index contributed by atoms with van der Waals surface area (Å²) in [6.07, 6.45) is -1.40. The smallest absolute Gasteiger partial charge is 0.178 e. The van der Waals surface area contributed by atoms with Gasteiger partial charge in [0, 0.05) is 24.2 Å². The molecule has 0 bridgehead atoms. The van der Waals surface area contributed by atoms with Gasteiger partial charge in [0.2, 0.25) is 0 Å². The Morgan fingerprint density at radius 2 is 1.62 bits per heavy atom. The highest BCUT2D eigenvalue weighted by atomic mass is 16.5. The van der Waals surface area contributed by atoms with E-state index in [2.05, 4.69) is 43.0 Å². The predicted octanol–water partition coefficient (Wildman–Crippen LogP) is 3.31. The van der Waals surface area contributed by atoms with Crippen LogP contribution in [0.2, 0.25) is 0 Å². The highest BCUT2D eigenvalue weighted by Gasteiger charge is 2.33. The van der Waals surface area contributed by atoms with E-state index in [0.717, 1.165) is 6.54 Å². The molecule has 1 aliphatic heterocycles. The van der Waals surface area contributed by atoms with Crippen molar-refractivity contribution in [1.29, 1.82) is 0 Å². The van der Waals surface area contributed by atoms with Crippen LogP contribution in [0.25, 0.3) is 0 Å². The van der Waals surface area contributed by atoms with E-state index < -0.39 is 6.29 Å². The summed E-state index contributed by atoms with van der Waals surface area (Å²) < 4.78 is 0. The Morgan fingerprint density at radius 3 is 2.29 bits per heavy atom. The topological polar surface area (TPSA) is 43.7 Å². The second-order valence-corrected chi connectivity index (χ2v) is 5.77. The third-order valence-electron chi connectivity index (χ3n) is 4.51. The molecule has 0 radical (unpaired) electrons. The summed E-state index contributed by atoms with van der Waals surface area (Å²) in [7, 11) is 0. The number of hydrogen-bond donors (Lipinski definition) is 2. The van der Waals surface area contributed by atoms with Gasteiger partial charge in [0.15, 0.2) is 6.29 Å². The van der Waals surface area contributed by atoms with Crippen LogP contribution in [0, 0.1) is 0 Å². The first kappa shape index (κ1) is 14.3. The molecule has 1 heterocycles. The summed E-state index contributed by atoms with van der Waals surface area (Å²) in [5.41, 5.74) is 4.34. The van der Waals surface area contributed by atoms with Gasteiger partial charge in [-0.2, -0.15) is 0 Å². The van der Waals surface area contributed by atoms with Crippen molar-refractivity contribution in [2.75, 3.05) is 0 Å². The van der Waals surface area contributed by atoms with Crippen LogP contribution < -0.4 is 0 Å². The van der Waals surface area contributed by atoms with Gasteiger partial charge in [0.1, 0.15) is 0 Å². The summed E-state index contributed by atoms with van der Waals surface area (Å²) >= 11 is 0. The van der Waals surface area contributed by atoms with Crippen LogP contribution in [0.3, 0.4) is 0 Å². The third-order valence-corrected chi connectivity index (χ3v) is 4.51. The van der Waals surface area contributed by atoms with Crippen molar-refractivity contribution in [3.8, 4) is 0 Å². The molecule has 0 aromatic heterocycles. The average molecular weight is 283 g/mol. The molecule has 0 amide bonds. The Hall–Kier alpha value is -1.68. The standard InChI is InChI=1S/C18H21NO2/c1-12-16-9-8-15(18(20)21)10-17(16)13(2)19(12)11-14-6-4-3-5-7-14/h3-10,12-13,18,20-21H,11H2,1-2H3. The summed E-state index contributed by atoms with van der Waals surface area (Å²) in [5.74, 6) is 0. The van der Waals surface area contributed by atoms with Crippen LogP contribution >= 0.6 is 0 Å². The Labute approximate surface area is 125 Å². The van der Waals surface area contributed by atoms with E-state index in [1.165, 1.54) is 16.7 Å². The number of fused-ring (bicyclic) bond motifs is 1. The van der Waals surface area contributed by atoms with E-state index in [1.54, 1.807) is 6.07 Å². The van der Waals surface area contributed by atoms with Crippen LogP contribution in [0.4, 0.5) is 0 Å². The highest BCUT2D eigenvalue weighted by Crippen LogP contribution is 2.43. The SMILES string of the molecule is CC1c2ccc(C(O)O)cc2C(C)N1Cc1ccccc1. The van der Waals surface area contributed by atoms with Crippen molar-refractivity contribution in [2.45, 2.75) is 38.8 Å². The molecular weight excluding hydrogens is 262 g/mol. The molecule has 0 saturated heterocycles. The molecule has 110 valence electrons. The second-order valence-electron chi connectivity index (χ2n) is 5.77. The lowest BCUT2D eigenvalue weighted by Crippen LogP contribution is -2.22. The molecule has 3 rings (SSSR count). The molecule has 0 spiro atoms. The number of hydrogen-bond acceptors (Lipinski definition) is 3. The van der Waals surface area contributed by atoms with Gasteiger partial charge in [-0.3, -0.25) is 4.90 Å². The van der Waals surface area contributed by atoms with Gasteiger partial charge in [-0.1, -0.05) is 42.5 Å².